The van der Waals surface area contributed by atoms with Crippen molar-refractivity contribution in [1.29, 1.82) is 0 Å². The predicted octanol–water partition coefficient (Wildman–Crippen LogP) is 2.81. The van der Waals surface area contributed by atoms with E-state index in [0.29, 0.717) is 5.92 Å². The molecule has 1 aliphatic carbocycles. The minimum Gasteiger partial charge on any atom is -0.393 e. The van der Waals surface area contributed by atoms with Crippen LogP contribution in [-0.4, -0.2) is 24.3 Å². The molecule has 2 nitrogen and oxygen atoms in total. The van der Waals surface area contributed by atoms with Crippen LogP contribution < -0.4 is 5.32 Å². The van der Waals surface area contributed by atoms with Gasteiger partial charge in [0, 0.05) is 0 Å². The van der Waals surface area contributed by atoms with E-state index in [1.54, 1.807) is 0 Å². The largest absolute Gasteiger partial charge is 0.393 e. The third-order valence-corrected chi connectivity index (χ3v) is 3.71. The molecule has 4 atom stereocenters. The van der Waals surface area contributed by atoms with Crippen molar-refractivity contribution in [1.82, 2.24) is 5.32 Å². The van der Waals surface area contributed by atoms with Gasteiger partial charge in [-0.15, -0.1) is 0 Å². The van der Waals surface area contributed by atoms with Crippen molar-refractivity contribution >= 4 is 0 Å². The fraction of sp³-hybridized carbons (Fsp3) is 1.00. The van der Waals surface area contributed by atoms with Gasteiger partial charge in [0.15, 0.2) is 0 Å². The van der Waals surface area contributed by atoms with Crippen LogP contribution in [0.2, 0.25) is 0 Å². The van der Waals surface area contributed by atoms with Gasteiger partial charge in [0.2, 0.25) is 0 Å². The molecule has 0 radical (unpaired) electrons. The second kappa shape index (κ2) is 7.29. The van der Waals surface area contributed by atoms with Crippen molar-refractivity contribution in [3.8, 4) is 0 Å². The van der Waals surface area contributed by atoms with Gasteiger partial charge in [-0.2, -0.15) is 0 Å². The second-order valence-corrected chi connectivity index (χ2v) is 5.99. The molecule has 2 N–H and O–H groups in total. The van der Waals surface area contributed by atoms with E-state index < -0.39 is 0 Å². The third kappa shape index (κ3) is 5.86. The van der Waals surface area contributed by atoms with E-state index in [-0.39, 0.29) is 6.10 Å². The average molecular weight is 227 g/mol. The summed E-state index contributed by atoms with van der Waals surface area (Å²) in [6.45, 7) is 8.69. The van der Waals surface area contributed by atoms with Crippen LogP contribution in [-0.2, 0) is 0 Å². The zero-order chi connectivity index (χ0) is 12.0. The number of rotatable bonds is 6. The van der Waals surface area contributed by atoms with Crippen LogP contribution >= 0.6 is 0 Å². The summed E-state index contributed by atoms with van der Waals surface area (Å²) >= 11 is 0. The highest BCUT2D eigenvalue weighted by Gasteiger charge is 2.18. The summed E-state index contributed by atoms with van der Waals surface area (Å²) in [5.74, 6) is 2.40. The number of hydrogen-bond donors (Lipinski definition) is 2. The molecule has 0 spiro atoms. The minimum atomic E-state index is -0.161. The number of nitrogens with one attached hydrogen (secondary N) is 1. The highest BCUT2D eigenvalue weighted by atomic mass is 16.3. The smallest absolute Gasteiger partial charge is 0.0515 e. The van der Waals surface area contributed by atoms with Crippen molar-refractivity contribution in [3.05, 3.63) is 0 Å². The second-order valence-electron chi connectivity index (χ2n) is 5.99. The molecule has 1 fully saturated rings. The molecule has 0 aromatic heterocycles. The van der Waals surface area contributed by atoms with Crippen molar-refractivity contribution in [2.24, 2.45) is 17.8 Å². The van der Waals surface area contributed by atoms with E-state index in [1.807, 2.05) is 6.92 Å². The van der Waals surface area contributed by atoms with E-state index in [2.05, 4.69) is 19.2 Å². The topological polar surface area (TPSA) is 32.3 Å². The van der Waals surface area contributed by atoms with E-state index >= 15 is 0 Å². The molecule has 1 saturated carbocycles. The summed E-state index contributed by atoms with van der Waals surface area (Å²) < 4.78 is 0. The number of aliphatic hydroxyl groups is 1. The van der Waals surface area contributed by atoms with Crippen LogP contribution in [0.1, 0.15) is 52.9 Å². The van der Waals surface area contributed by atoms with Crippen LogP contribution in [0.25, 0.3) is 0 Å². The Labute approximate surface area is 101 Å². The average Bonchev–Trinajstić information content (AvgIpc) is 2.16. The van der Waals surface area contributed by atoms with E-state index in [9.17, 15) is 5.11 Å². The van der Waals surface area contributed by atoms with Gasteiger partial charge in [-0.3, -0.25) is 0 Å². The van der Waals surface area contributed by atoms with Gasteiger partial charge in [0.25, 0.3) is 0 Å². The Hall–Kier alpha value is -0.0800. The van der Waals surface area contributed by atoms with Crippen molar-refractivity contribution < 1.29 is 5.11 Å². The molecule has 16 heavy (non-hydrogen) atoms. The first kappa shape index (κ1) is 14.0. The highest BCUT2D eigenvalue weighted by molar-refractivity contribution is 4.72. The molecule has 1 aliphatic rings. The quantitative estimate of drug-likeness (QED) is 0.731. The van der Waals surface area contributed by atoms with Gasteiger partial charge < -0.3 is 10.4 Å². The Morgan fingerprint density at radius 2 is 2.06 bits per heavy atom. The van der Waals surface area contributed by atoms with E-state index in [4.69, 9.17) is 0 Å². The molecule has 2 heteroatoms. The summed E-state index contributed by atoms with van der Waals surface area (Å²) in [5.41, 5.74) is 0. The number of hydrogen-bond acceptors (Lipinski definition) is 2. The van der Waals surface area contributed by atoms with Crippen LogP contribution in [0.3, 0.4) is 0 Å². The van der Waals surface area contributed by atoms with Crippen LogP contribution in [0.4, 0.5) is 0 Å². The van der Waals surface area contributed by atoms with E-state index in [0.717, 1.165) is 24.8 Å². The molecule has 1 rings (SSSR count). The maximum absolute atomic E-state index is 9.28. The Kier molecular flexibility index (Phi) is 6.37. The molecule has 0 aliphatic heterocycles. The lowest BCUT2D eigenvalue weighted by atomic mass is 9.82. The molecule has 0 saturated heterocycles. The SMILES string of the molecule is C[C@@H]1CCC[C@H](CNC[C@@H](C)C[C@@H](C)O)C1. The van der Waals surface area contributed by atoms with Crippen LogP contribution in [0.15, 0.2) is 0 Å². The monoisotopic (exact) mass is 227 g/mol. The lowest BCUT2D eigenvalue weighted by Crippen LogP contribution is -2.30. The van der Waals surface area contributed by atoms with Crippen molar-refractivity contribution in [2.45, 2.75) is 59.0 Å². The molecule has 96 valence electrons. The zero-order valence-electron chi connectivity index (χ0n) is 11.2. The first-order chi connectivity index (χ1) is 7.58. The maximum Gasteiger partial charge on any atom is 0.0515 e. The molecule has 0 aromatic carbocycles. The summed E-state index contributed by atoms with van der Waals surface area (Å²) in [6, 6.07) is 0. The van der Waals surface area contributed by atoms with Crippen LogP contribution in [0.5, 0.6) is 0 Å². The first-order valence-corrected chi connectivity index (χ1v) is 6.96. The number of aliphatic hydroxyl groups excluding tert-OH is 1. The Morgan fingerprint density at radius 3 is 2.69 bits per heavy atom. The summed E-state index contributed by atoms with van der Waals surface area (Å²) in [7, 11) is 0. The van der Waals surface area contributed by atoms with Gasteiger partial charge in [0.05, 0.1) is 6.10 Å². The molecule has 0 amide bonds. The van der Waals surface area contributed by atoms with Gasteiger partial charge in [-0.1, -0.05) is 26.7 Å². The molecule has 0 heterocycles. The van der Waals surface area contributed by atoms with Gasteiger partial charge >= 0.3 is 0 Å². The molecule has 0 aromatic rings. The van der Waals surface area contributed by atoms with Gasteiger partial charge in [0.1, 0.15) is 0 Å². The Bertz CT molecular complexity index is 182. The zero-order valence-corrected chi connectivity index (χ0v) is 11.2. The summed E-state index contributed by atoms with van der Waals surface area (Å²) in [6.07, 6.45) is 6.39. The third-order valence-electron chi connectivity index (χ3n) is 3.71. The normalized spacial score (nSPS) is 30.0. The fourth-order valence-electron chi connectivity index (χ4n) is 2.94. The molecular weight excluding hydrogens is 198 g/mol. The standard InChI is InChI=1S/C14H29NO/c1-11-5-4-6-14(8-11)10-15-9-12(2)7-13(3)16/h11-16H,4-10H2,1-3H3/t11-,12+,13-,14+/m1/s1. The lowest BCUT2D eigenvalue weighted by molar-refractivity contribution is 0.162. The first-order valence-electron chi connectivity index (χ1n) is 6.96. The van der Waals surface area contributed by atoms with Crippen molar-refractivity contribution in [2.75, 3.05) is 13.1 Å². The molecular formula is C14H29NO. The van der Waals surface area contributed by atoms with Gasteiger partial charge in [-0.05, 0) is 57.0 Å². The van der Waals surface area contributed by atoms with Gasteiger partial charge in [-0.25, -0.2) is 0 Å². The Morgan fingerprint density at radius 1 is 1.31 bits per heavy atom. The van der Waals surface area contributed by atoms with E-state index in [1.165, 1.54) is 32.2 Å². The van der Waals surface area contributed by atoms with Crippen molar-refractivity contribution in [3.63, 3.8) is 0 Å². The fourth-order valence-corrected chi connectivity index (χ4v) is 2.94. The lowest BCUT2D eigenvalue weighted by Gasteiger charge is -2.27. The van der Waals surface area contributed by atoms with Crippen LogP contribution in [0, 0.1) is 17.8 Å². The molecule has 0 bridgehead atoms. The summed E-state index contributed by atoms with van der Waals surface area (Å²) in [5, 5.41) is 12.8. The maximum atomic E-state index is 9.28. The minimum absolute atomic E-state index is 0.161. The summed E-state index contributed by atoms with van der Waals surface area (Å²) in [4.78, 5) is 0. The molecule has 0 unspecified atom stereocenters. The Balaban J connectivity index is 2.05. The highest BCUT2D eigenvalue weighted by Crippen LogP contribution is 2.27. The predicted molar refractivity (Wildman–Crippen MR) is 69.5 cm³/mol.